The number of nitrogens with two attached hydrogens (primary N) is 1. The summed E-state index contributed by atoms with van der Waals surface area (Å²) in [6.45, 7) is 14.1. The van der Waals surface area contributed by atoms with E-state index in [4.69, 9.17) is 15.6 Å². The van der Waals surface area contributed by atoms with Gasteiger partial charge in [-0.25, -0.2) is 4.79 Å². The number of fused-ring (bicyclic) bond motifs is 5. The van der Waals surface area contributed by atoms with Gasteiger partial charge in [-0.3, -0.25) is 19.4 Å². The Morgan fingerprint density at radius 2 is 1.64 bits per heavy atom. The number of aliphatic carboxylic acids is 1. The van der Waals surface area contributed by atoms with Gasteiger partial charge in [0.2, 0.25) is 0 Å². The van der Waals surface area contributed by atoms with Gasteiger partial charge in [0.05, 0.1) is 12.0 Å². The quantitative estimate of drug-likeness (QED) is 0.102. The third kappa shape index (κ3) is 11.0. The fourth-order valence-electron chi connectivity index (χ4n) is 8.06. The third-order valence-electron chi connectivity index (χ3n) is 11.2. The number of carboxylic acid groups (broad SMARTS) is 1. The Kier molecular flexibility index (Phi) is 16.5. The summed E-state index contributed by atoms with van der Waals surface area (Å²) < 4.78 is 5.51. The van der Waals surface area contributed by atoms with E-state index in [1.807, 2.05) is 58.0 Å². The lowest BCUT2D eigenvalue weighted by atomic mass is 9.55. The second kappa shape index (κ2) is 19.4. The van der Waals surface area contributed by atoms with Crippen molar-refractivity contribution in [2.24, 2.45) is 28.9 Å². The molecule has 2 saturated carbocycles. The number of benzene rings is 2. The first-order valence-electron chi connectivity index (χ1n) is 18.4. The van der Waals surface area contributed by atoms with Gasteiger partial charge < -0.3 is 25.7 Å². The molecule has 0 aliphatic heterocycles. The smallest absolute Gasteiger partial charge is 0.325 e. The van der Waals surface area contributed by atoms with Crippen LogP contribution in [0, 0.1) is 23.2 Å². The number of aromatic amines is 2. The number of rotatable bonds is 7. The molecule has 0 saturated heterocycles. The number of carboxylic acids is 1. The van der Waals surface area contributed by atoms with Crippen LogP contribution in [0.25, 0.3) is 0 Å². The van der Waals surface area contributed by atoms with E-state index in [0.717, 1.165) is 24.8 Å². The molecule has 3 aromatic rings. The van der Waals surface area contributed by atoms with Crippen LogP contribution in [0.5, 0.6) is 5.75 Å². The molecule has 11 heteroatoms. The van der Waals surface area contributed by atoms with Crippen LogP contribution in [-0.4, -0.2) is 52.7 Å². The van der Waals surface area contributed by atoms with Crippen molar-refractivity contribution in [1.82, 2.24) is 9.97 Å². The number of aryl methyl sites for hydroxylation is 1. The molecule has 292 valence electrons. The first kappa shape index (κ1) is 45.2. The van der Waals surface area contributed by atoms with Crippen LogP contribution in [0.15, 0.2) is 58.3 Å². The highest BCUT2D eigenvalue weighted by molar-refractivity contribution is 5.75. The van der Waals surface area contributed by atoms with Crippen LogP contribution in [0.2, 0.25) is 0 Å². The Balaban J connectivity index is 0.000000434. The highest BCUT2D eigenvalue weighted by Crippen LogP contribution is 2.60. The zero-order valence-electron chi connectivity index (χ0n) is 31.9. The Hall–Kier alpha value is -3.96. The van der Waals surface area contributed by atoms with Gasteiger partial charge in [-0.2, -0.15) is 0 Å². The van der Waals surface area contributed by atoms with Crippen LogP contribution in [0.1, 0.15) is 135 Å². The molecule has 3 aliphatic carbocycles. The largest absolute Gasteiger partial charge is 0.480 e. The summed E-state index contributed by atoms with van der Waals surface area (Å²) in [5, 5.41) is 19.1. The molecule has 0 unspecified atom stereocenters. The topological polar surface area (TPSA) is 176 Å². The van der Waals surface area contributed by atoms with Crippen molar-refractivity contribution < 1.29 is 26.0 Å². The molecule has 2 aromatic carbocycles. The van der Waals surface area contributed by atoms with Crippen molar-refractivity contribution in [3.63, 3.8) is 0 Å². The number of ether oxygens (including phenoxy) is 1. The van der Waals surface area contributed by atoms with Gasteiger partial charge in [0, 0.05) is 21.6 Å². The molecule has 0 spiro atoms. The van der Waals surface area contributed by atoms with Gasteiger partial charge >= 0.3 is 17.6 Å². The predicted octanol–water partition coefficient (Wildman–Crippen LogP) is 6.65. The summed E-state index contributed by atoms with van der Waals surface area (Å²) in [6.07, 6.45) is 8.44. The number of aromatic nitrogens is 2. The van der Waals surface area contributed by atoms with E-state index in [0.29, 0.717) is 41.4 Å². The number of aliphatic hydroxyl groups excluding tert-OH is 1. The van der Waals surface area contributed by atoms with Crippen LogP contribution in [0.3, 0.4) is 0 Å². The minimum absolute atomic E-state index is 0. The zero-order valence-corrected chi connectivity index (χ0v) is 31.9. The number of hydrogen-bond donors (Lipinski definition) is 5. The number of esters is 1. The van der Waals surface area contributed by atoms with E-state index in [1.165, 1.54) is 42.1 Å². The lowest BCUT2D eigenvalue weighted by Gasteiger charge is -2.50. The van der Waals surface area contributed by atoms with Crippen LogP contribution in [0.4, 0.5) is 0 Å². The first-order chi connectivity index (χ1) is 24.0. The second-order valence-electron chi connectivity index (χ2n) is 15.7. The molecule has 3 aliphatic rings. The number of nitrogens with one attached hydrogen (secondary N) is 2. The number of carbonyl (C=O) groups is 2. The van der Waals surface area contributed by atoms with E-state index in [2.05, 4.69) is 42.9 Å². The minimum atomic E-state index is -0.956. The fraction of sp³-hybridized carbons (Fsp3) is 0.571. The molecule has 2 fully saturated rings. The molecule has 6 atom stereocenters. The van der Waals surface area contributed by atoms with Gasteiger partial charge in [0.25, 0.3) is 5.56 Å². The van der Waals surface area contributed by atoms with Crippen molar-refractivity contribution >= 4 is 20.4 Å². The highest BCUT2D eigenvalue weighted by atomic mass is 16.5. The molecule has 1 heterocycles. The summed E-state index contributed by atoms with van der Waals surface area (Å²) in [4.78, 5) is 48.5. The van der Waals surface area contributed by atoms with Gasteiger partial charge in [0.1, 0.15) is 11.8 Å². The predicted molar refractivity (Wildman–Crippen MR) is 215 cm³/mol. The molecule has 2 radical (unpaired) electrons. The summed E-state index contributed by atoms with van der Waals surface area (Å²) in [7, 11) is 0. The Morgan fingerprint density at radius 3 is 2.21 bits per heavy atom. The van der Waals surface area contributed by atoms with Gasteiger partial charge in [-0.05, 0) is 114 Å². The third-order valence-corrected chi connectivity index (χ3v) is 11.2. The monoisotopic (exact) mass is 734 g/mol. The average molecular weight is 735 g/mol. The number of carbonyl (C=O) groups excluding carboxylic acids is 1. The minimum Gasteiger partial charge on any atom is -0.480 e. The van der Waals surface area contributed by atoms with E-state index in [-0.39, 0.29) is 52.1 Å². The van der Waals surface area contributed by atoms with Crippen molar-refractivity contribution in [1.29, 1.82) is 0 Å². The maximum Gasteiger partial charge on any atom is 0.325 e. The Morgan fingerprint density at radius 1 is 0.981 bits per heavy atom. The second-order valence-corrected chi connectivity index (χ2v) is 15.7. The number of H-pyrrole nitrogens is 2. The lowest BCUT2D eigenvalue weighted by Crippen LogP contribution is -2.43. The molecule has 53 heavy (non-hydrogen) atoms. The van der Waals surface area contributed by atoms with Crippen molar-refractivity contribution in [2.75, 3.05) is 0 Å². The van der Waals surface area contributed by atoms with E-state index < -0.39 is 17.7 Å². The normalized spacial score (nSPS) is 23.0. The molecule has 1 aromatic heterocycles. The van der Waals surface area contributed by atoms with Crippen LogP contribution >= 0.6 is 0 Å². The molecule has 0 bridgehead atoms. The lowest BCUT2D eigenvalue weighted by molar-refractivity contribution is -0.139. The molecule has 10 nitrogen and oxygen atoms in total. The Labute approximate surface area is 318 Å². The fourth-order valence-corrected chi connectivity index (χ4v) is 8.06. The van der Waals surface area contributed by atoms with Crippen LogP contribution in [-0.2, 0) is 22.4 Å². The van der Waals surface area contributed by atoms with E-state index in [9.17, 15) is 24.3 Å². The van der Waals surface area contributed by atoms with Crippen molar-refractivity contribution in [2.45, 2.75) is 131 Å². The summed E-state index contributed by atoms with van der Waals surface area (Å²) in [5.74, 6) is 2.06. The summed E-state index contributed by atoms with van der Waals surface area (Å²) in [5.41, 5.74) is 10.5. The number of aliphatic hydroxyl groups is 1. The molecule has 0 amide bonds. The van der Waals surface area contributed by atoms with Crippen LogP contribution < -0.4 is 21.7 Å². The van der Waals surface area contributed by atoms with Crippen molar-refractivity contribution in [3.8, 4) is 5.75 Å². The first-order valence-corrected chi connectivity index (χ1v) is 18.4. The Bertz CT molecular complexity index is 1770. The van der Waals surface area contributed by atoms with E-state index >= 15 is 0 Å². The highest BCUT2D eigenvalue weighted by Gasteiger charge is 2.54. The van der Waals surface area contributed by atoms with Gasteiger partial charge in [-0.1, -0.05) is 86.2 Å². The van der Waals surface area contributed by atoms with Crippen molar-refractivity contribution in [3.05, 3.63) is 97.3 Å². The maximum atomic E-state index is 11.9. The standard InChI is InChI=1S/C22H30O3.C12H17NO2.C7H10N2O2.CH4.BH.H2/c1-13(2)21(24)25-15-5-7-16-14(12-15)4-6-18-17(16)10-11-22(3)19(18)8-9-20(22)23;1-8(2)10-5-3-9(4-6-10)7-11(13)12(14)15;1-4(2)5-3-8-7(11)9-6(5)10;;;/h5,7,12-13,17-20,23H,4,6,8-11H2,1-3H3;3-6,8,11H,7,13H2,1-2H3,(H,14,15);3-4H,1-2H3,(H2,8,9,10,11);1H4;2*1H/t17-,18-,19+,20+,22+;11-;;;;/m01..../s1/i;;;;;1+1. The average Bonchev–Trinajstić information content (AvgIpc) is 3.38. The summed E-state index contributed by atoms with van der Waals surface area (Å²) in [6, 6.07) is 13.4. The van der Waals surface area contributed by atoms with Gasteiger partial charge in [-0.15, -0.1) is 0 Å². The molecule has 6 N–H and O–H groups in total. The SMILES string of the molecule is C.CC(C)C(=O)Oc1ccc2c(c1)CC[C@@H]1[C@H]3CC[C@@H](O)[C@]3(C)CC[C@@H]21.CC(C)c1c[nH]c(=O)[nH]c1=O.CC(C)c1ccc(C[C@@H](N)C(=O)O)cc1.[2HH].[BH]. The molecular weight excluding hydrogens is 669 g/mol. The molecule has 6 rings (SSSR count). The molecular formula is C42H64BN3O7. The zero-order chi connectivity index (χ0) is 37.6. The maximum absolute atomic E-state index is 11.9. The van der Waals surface area contributed by atoms with Gasteiger partial charge in [0.15, 0.2) is 0 Å². The number of hydrogen-bond acceptors (Lipinski definition) is 7. The summed E-state index contributed by atoms with van der Waals surface area (Å²) >= 11 is 0. The van der Waals surface area contributed by atoms with E-state index in [1.54, 1.807) is 0 Å².